The van der Waals surface area contributed by atoms with Crippen LogP contribution in [0.2, 0.25) is 0 Å². The number of anilines is 1. The smallest absolute Gasteiger partial charge is 0.239 e. The van der Waals surface area contributed by atoms with E-state index in [1.807, 2.05) is 0 Å². The van der Waals surface area contributed by atoms with Gasteiger partial charge in [-0.2, -0.15) is 0 Å². The third-order valence-corrected chi connectivity index (χ3v) is 2.70. The van der Waals surface area contributed by atoms with Crippen molar-refractivity contribution in [3.05, 3.63) is 29.2 Å². The van der Waals surface area contributed by atoms with Gasteiger partial charge in [0, 0.05) is 6.54 Å². The lowest BCUT2D eigenvalue weighted by atomic mass is 10.0. The van der Waals surface area contributed by atoms with E-state index in [-0.39, 0.29) is 17.9 Å². The van der Waals surface area contributed by atoms with Crippen molar-refractivity contribution in [3.8, 4) is 0 Å². The first-order valence-electron chi connectivity index (χ1n) is 5.32. The third-order valence-electron chi connectivity index (χ3n) is 2.70. The molecule has 1 aliphatic heterocycles. The molecule has 0 aliphatic carbocycles. The molecule has 1 saturated heterocycles. The number of hydrogen-bond acceptors (Lipinski definition) is 5. The van der Waals surface area contributed by atoms with Crippen LogP contribution in [0.15, 0.2) is 29.4 Å². The highest BCUT2D eigenvalue weighted by Crippen LogP contribution is 2.25. The number of β-amino-alcohol motifs (C(OH)–C–C–N with tert-alkyl or cyclic N) is 1. The molecule has 18 heavy (non-hydrogen) atoms. The number of carbonyl (C=O) groups is 2. The van der Waals surface area contributed by atoms with Gasteiger partial charge in [-0.15, -0.1) is 4.91 Å². The first-order chi connectivity index (χ1) is 8.63. The number of rotatable bonds is 3. The quantitative estimate of drug-likeness (QED) is 0.522. The second-order valence-electron chi connectivity index (χ2n) is 3.89. The van der Waals surface area contributed by atoms with E-state index >= 15 is 0 Å². The SMILES string of the molecule is O=Nc1ccccc1NC(=O)C1C(=O)NCC1O. The van der Waals surface area contributed by atoms with Gasteiger partial charge in [-0.25, -0.2) is 0 Å². The zero-order valence-corrected chi connectivity index (χ0v) is 9.29. The van der Waals surface area contributed by atoms with Crippen LogP contribution in [0.3, 0.4) is 0 Å². The van der Waals surface area contributed by atoms with Crippen LogP contribution < -0.4 is 10.6 Å². The Balaban J connectivity index is 2.16. The minimum atomic E-state index is -1.16. The van der Waals surface area contributed by atoms with Gasteiger partial charge in [-0.1, -0.05) is 12.1 Å². The Kier molecular flexibility index (Phi) is 3.33. The van der Waals surface area contributed by atoms with Crippen LogP contribution in [0, 0.1) is 10.8 Å². The van der Waals surface area contributed by atoms with Gasteiger partial charge < -0.3 is 15.7 Å². The molecule has 1 aliphatic rings. The zero-order chi connectivity index (χ0) is 13.1. The van der Waals surface area contributed by atoms with Crippen molar-refractivity contribution in [1.29, 1.82) is 0 Å². The van der Waals surface area contributed by atoms with Crippen molar-refractivity contribution in [2.75, 3.05) is 11.9 Å². The van der Waals surface area contributed by atoms with E-state index in [1.165, 1.54) is 12.1 Å². The molecule has 0 bridgehead atoms. The van der Waals surface area contributed by atoms with Crippen molar-refractivity contribution in [2.45, 2.75) is 6.10 Å². The molecule has 2 unspecified atom stereocenters. The number of hydrogen-bond donors (Lipinski definition) is 3. The highest BCUT2D eigenvalue weighted by atomic mass is 16.3. The lowest BCUT2D eigenvalue weighted by Gasteiger charge is -2.12. The van der Waals surface area contributed by atoms with Gasteiger partial charge in [0.1, 0.15) is 11.6 Å². The Morgan fingerprint density at radius 1 is 1.44 bits per heavy atom. The van der Waals surface area contributed by atoms with Gasteiger partial charge in [-0.05, 0) is 17.3 Å². The maximum atomic E-state index is 11.8. The molecule has 2 rings (SSSR count). The molecular formula is C11H11N3O4. The molecule has 94 valence electrons. The highest BCUT2D eigenvalue weighted by molar-refractivity contribution is 6.09. The van der Waals surface area contributed by atoms with Gasteiger partial charge in [0.15, 0.2) is 0 Å². The van der Waals surface area contributed by atoms with Crippen LogP contribution in [0.25, 0.3) is 0 Å². The van der Waals surface area contributed by atoms with E-state index in [4.69, 9.17) is 0 Å². The summed E-state index contributed by atoms with van der Waals surface area (Å²) >= 11 is 0. The molecule has 2 amide bonds. The van der Waals surface area contributed by atoms with Crippen molar-refractivity contribution in [1.82, 2.24) is 5.32 Å². The maximum absolute atomic E-state index is 11.8. The number of nitrogens with zero attached hydrogens (tertiary/aromatic N) is 1. The summed E-state index contributed by atoms with van der Waals surface area (Å²) in [5, 5.41) is 17.1. The normalized spacial score (nSPS) is 22.4. The van der Waals surface area contributed by atoms with E-state index in [9.17, 15) is 19.6 Å². The molecule has 2 atom stereocenters. The Bertz CT molecular complexity index is 503. The largest absolute Gasteiger partial charge is 0.390 e. The topological polar surface area (TPSA) is 108 Å². The second kappa shape index (κ2) is 4.92. The van der Waals surface area contributed by atoms with Crippen LogP contribution in [-0.4, -0.2) is 29.6 Å². The van der Waals surface area contributed by atoms with Crippen LogP contribution in [0.1, 0.15) is 0 Å². The van der Waals surface area contributed by atoms with Crippen LogP contribution in [-0.2, 0) is 9.59 Å². The van der Waals surface area contributed by atoms with Gasteiger partial charge in [0.25, 0.3) is 0 Å². The van der Waals surface area contributed by atoms with Gasteiger partial charge in [0.2, 0.25) is 11.8 Å². The average Bonchev–Trinajstić information content (AvgIpc) is 2.69. The molecule has 1 aromatic carbocycles. The van der Waals surface area contributed by atoms with Crippen molar-refractivity contribution < 1.29 is 14.7 Å². The van der Waals surface area contributed by atoms with Gasteiger partial charge in [0.05, 0.1) is 11.8 Å². The van der Waals surface area contributed by atoms with Crippen LogP contribution >= 0.6 is 0 Å². The first kappa shape index (κ1) is 12.2. The number of nitroso groups, excluding NO2 is 1. The lowest BCUT2D eigenvalue weighted by Crippen LogP contribution is -2.34. The van der Waals surface area contributed by atoms with E-state index < -0.39 is 23.8 Å². The van der Waals surface area contributed by atoms with Crippen molar-refractivity contribution in [3.63, 3.8) is 0 Å². The Morgan fingerprint density at radius 3 is 2.78 bits per heavy atom. The molecule has 3 N–H and O–H groups in total. The summed E-state index contributed by atoms with van der Waals surface area (Å²) in [6.45, 7) is 0.0461. The fourth-order valence-electron chi connectivity index (χ4n) is 1.77. The van der Waals surface area contributed by atoms with Crippen molar-refractivity contribution in [2.24, 2.45) is 11.1 Å². The number of carbonyl (C=O) groups excluding carboxylic acids is 2. The molecule has 1 aromatic rings. The van der Waals surface area contributed by atoms with Crippen molar-refractivity contribution >= 4 is 23.2 Å². The van der Waals surface area contributed by atoms with E-state index in [1.54, 1.807) is 12.1 Å². The average molecular weight is 249 g/mol. The molecule has 7 nitrogen and oxygen atoms in total. The third kappa shape index (κ3) is 2.21. The number of nitrogens with one attached hydrogen (secondary N) is 2. The fourth-order valence-corrected chi connectivity index (χ4v) is 1.77. The van der Waals surface area contributed by atoms with Gasteiger partial charge in [-0.3, -0.25) is 9.59 Å². The minimum absolute atomic E-state index is 0.0461. The van der Waals surface area contributed by atoms with E-state index in [0.717, 1.165) is 0 Å². The summed E-state index contributed by atoms with van der Waals surface area (Å²) in [6, 6.07) is 6.15. The summed E-state index contributed by atoms with van der Waals surface area (Å²) in [5.74, 6) is -2.35. The molecule has 0 spiro atoms. The van der Waals surface area contributed by atoms with E-state index in [0.29, 0.717) is 0 Å². The maximum Gasteiger partial charge on any atom is 0.239 e. The number of amides is 2. The zero-order valence-electron chi connectivity index (χ0n) is 9.29. The predicted molar refractivity (Wildman–Crippen MR) is 63.0 cm³/mol. The summed E-state index contributed by atoms with van der Waals surface area (Å²) < 4.78 is 0. The molecule has 7 heteroatoms. The highest BCUT2D eigenvalue weighted by Gasteiger charge is 2.39. The Labute approximate surface area is 102 Å². The Morgan fingerprint density at radius 2 is 2.17 bits per heavy atom. The number of aliphatic hydroxyl groups excluding tert-OH is 1. The molecule has 0 aromatic heterocycles. The minimum Gasteiger partial charge on any atom is -0.390 e. The van der Waals surface area contributed by atoms with Crippen LogP contribution in [0.5, 0.6) is 0 Å². The molecule has 1 fully saturated rings. The summed E-state index contributed by atoms with van der Waals surface area (Å²) in [6.07, 6.45) is -1.06. The summed E-state index contributed by atoms with van der Waals surface area (Å²) in [7, 11) is 0. The number of para-hydroxylation sites is 1. The fraction of sp³-hybridized carbons (Fsp3) is 0.273. The summed E-state index contributed by atoms with van der Waals surface area (Å²) in [5.41, 5.74) is 0.281. The van der Waals surface area contributed by atoms with Gasteiger partial charge >= 0.3 is 0 Å². The number of benzene rings is 1. The Hall–Kier alpha value is -2.28. The standard InChI is InChI=1S/C11H11N3O4/c15-8-5-12-10(16)9(8)11(17)13-6-3-1-2-4-7(6)14-18/h1-4,8-9,15H,5H2,(H,12,16)(H,13,17). The monoisotopic (exact) mass is 249 g/mol. The second-order valence-corrected chi connectivity index (χ2v) is 3.89. The molecular weight excluding hydrogens is 238 g/mol. The first-order valence-corrected chi connectivity index (χ1v) is 5.32. The van der Waals surface area contributed by atoms with E-state index in [2.05, 4.69) is 15.8 Å². The predicted octanol–water partition coefficient (Wildman–Crippen LogP) is 0.130. The molecule has 1 heterocycles. The summed E-state index contributed by atoms with van der Waals surface area (Å²) in [4.78, 5) is 33.7. The van der Waals surface area contributed by atoms with Crippen LogP contribution in [0.4, 0.5) is 11.4 Å². The molecule has 0 radical (unpaired) electrons. The molecule has 0 saturated carbocycles. The lowest BCUT2D eigenvalue weighted by molar-refractivity contribution is -0.132. The number of aliphatic hydroxyl groups is 1.